The zero-order valence-electron chi connectivity index (χ0n) is 18.0. The zero-order chi connectivity index (χ0) is 19.0. The summed E-state index contributed by atoms with van der Waals surface area (Å²) in [7, 11) is 0. The number of hydrogen-bond acceptors (Lipinski definition) is 2. The van der Waals surface area contributed by atoms with E-state index in [1.54, 1.807) is 6.92 Å². The second-order valence-corrected chi connectivity index (χ2v) is 6.98. The van der Waals surface area contributed by atoms with Crippen LogP contribution in [0.4, 0.5) is 0 Å². The van der Waals surface area contributed by atoms with Crippen molar-refractivity contribution in [2.45, 2.75) is 124 Å². The molecular weight excluding hydrogens is 328 g/mol. The van der Waals surface area contributed by atoms with Gasteiger partial charge in [-0.2, -0.15) is 0 Å². The van der Waals surface area contributed by atoms with Gasteiger partial charge in [0.25, 0.3) is 0 Å². The van der Waals surface area contributed by atoms with Gasteiger partial charge in [0.15, 0.2) is 0 Å². The molecule has 0 amide bonds. The van der Waals surface area contributed by atoms with Gasteiger partial charge in [0.05, 0.1) is 0 Å². The minimum absolute atomic E-state index is 0. The molecule has 0 aliphatic rings. The molecule has 0 saturated carbocycles. The number of carbonyl (C=O) groups is 1. The van der Waals surface area contributed by atoms with E-state index in [0.717, 1.165) is 0 Å². The third-order valence-corrected chi connectivity index (χ3v) is 4.39. The summed E-state index contributed by atoms with van der Waals surface area (Å²) in [6.07, 6.45) is 23.4. The van der Waals surface area contributed by atoms with Gasteiger partial charge >= 0.3 is 5.97 Å². The van der Waals surface area contributed by atoms with E-state index in [9.17, 15) is 4.79 Å². The summed E-state index contributed by atoms with van der Waals surface area (Å²) in [4.78, 5) is 9.63. The van der Waals surface area contributed by atoms with Crippen LogP contribution in [0.25, 0.3) is 0 Å². The van der Waals surface area contributed by atoms with Gasteiger partial charge in [-0.25, -0.2) is 4.79 Å². The topological polar surface area (TPSA) is 78.0 Å². The normalized spacial score (nSPS) is 9.96. The lowest BCUT2D eigenvalue weighted by Gasteiger charge is -2.03. The highest BCUT2D eigenvalue weighted by atomic mass is 16.5. The number of carboxylic acids is 1. The van der Waals surface area contributed by atoms with Gasteiger partial charge < -0.3 is 15.3 Å². The molecule has 0 aromatic rings. The molecular formula is C22H48O4. The number of carboxylic acid groups (broad SMARTS) is 1. The lowest BCUT2D eigenvalue weighted by atomic mass is 10.0. The predicted octanol–water partition coefficient (Wildman–Crippen LogP) is 6.55. The van der Waals surface area contributed by atoms with Crippen molar-refractivity contribution in [1.82, 2.24) is 0 Å². The quantitative estimate of drug-likeness (QED) is 0.275. The first-order chi connectivity index (χ1) is 12.2. The van der Waals surface area contributed by atoms with Gasteiger partial charge in [-0.3, -0.25) is 0 Å². The molecule has 0 aromatic carbocycles. The SMILES string of the molecule is CCCCCCCCCCCCCCCCCC.CCOCC(=O)O.O. The van der Waals surface area contributed by atoms with Crippen LogP contribution in [0.3, 0.4) is 0 Å². The number of rotatable bonds is 18. The second kappa shape index (κ2) is 29.2. The van der Waals surface area contributed by atoms with Crippen molar-refractivity contribution in [3.8, 4) is 0 Å². The van der Waals surface area contributed by atoms with Crippen LogP contribution in [-0.2, 0) is 9.53 Å². The molecule has 4 heteroatoms. The Morgan fingerprint density at radius 2 is 0.885 bits per heavy atom. The highest BCUT2D eigenvalue weighted by Gasteiger charge is 1.93. The highest BCUT2D eigenvalue weighted by Crippen LogP contribution is 2.13. The maximum absolute atomic E-state index is 9.63. The van der Waals surface area contributed by atoms with E-state index in [2.05, 4.69) is 18.6 Å². The van der Waals surface area contributed by atoms with E-state index in [-0.39, 0.29) is 12.1 Å². The van der Waals surface area contributed by atoms with Crippen molar-refractivity contribution in [3.05, 3.63) is 0 Å². The Kier molecular flexibility index (Phi) is 33.8. The van der Waals surface area contributed by atoms with E-state index in [0.29, 0.717) is 6.61 Å². The Balaban J connectivity index is -0.000000561. The Hall–Kier alpha value is -0.610. The molecule has 0 aliphatic carbocycles. The summed E-state index contributed by atoms with van der Waals surface area (Å²) < 4.78 is 4.50. The van der Waals surface area contributed by atoms with E-state index in [1.165, 1.54) is 103 Å². The van der Waals surface area contributed by atoms with Crippen LogP contribution >= 0.6 is 0 Å². The van der Waals surface area contributed by atoms with Crippen LogP contribution in [0.5, 0.6) is 0 Å². The predicted molar refractivity (Wildman–Crippen MR) is 113 cm³/mol. The van der Waals surface area contributed by atoms with Crippen LogP contribution < -0.4 is 0 Å². The van der Waals surface area contributed by atoms with Crippen molar-refractivity contribution >= 4 is 5.97 Å². The molecule has 0 fully saturated rings. The van der Waals surface area contributed by atoms with Gasteiger partial charge in [-0.05, 0) is 6.92 Å². The van der Waals surface area contributed by atoms with Gasteiger partial charge in [0, 0.05) is 6.61 Å². The van der Waals surface area contributed by atoms with Crippen molar-refractivity contribution in [3.63, 3.8) is 0 Å². The molecule has 0 radical (unpaired) electrons. The Morgan fingerprint density at radius 3 is 1.04 bits per heavy atom. The van der Waals surface area contributed by atoms with Crippen LogP contribution in [0, 0.1) is 0 Å². The average molecular weight is 377 g/mol. The molecule has 0 aliphatic heterocycles. The Morgan fingerprint density at radius 1 is 0.615 bits per heavy atom. The van der Waals surface area contributed by atoms with Gasteiger partial charge in [0.2, 0.25) is 0 Å². The molecule has 3 N–H and O–H groups in total. The van der Waals surface area contributed by atoms with Crippen LogP contribution in [-0.4, -0.2) is 29.8 Å². The Bertz CT molecular complexity index is 228. The van der Waals surface area contributed by atoms with Crippen molar-refractivity contribution in [2.75, 3.05) is 13.2 Å². The van der Waals surface area contributed by atoms with Crippen LogP contribution in [0.15, 0.2) is 0 Å². The first-order valence-corrected chi connectivity index (χ1v) is 11.0. The maximum Gasteiger partial charge on any atom is 0.329 e. The molecule has 0 aromatic heterocycles. The number of hydrogen-bond donors (Lipinski definition) is 1. The molecule has 0 saturated heterocycles. The number of ether oxygens (including phenoxy) is 1. The summed E-state index contributed by atoms with van der Waals surface area (Å²) >= 11 is 0. The molecule has 0 rings (SSSR count). The first-order valence-electron chi connectivity index (χ1n) is 11.0. The Labute approximate surface area is 163 Å². The minimum atomic E-state index is -0.915. The van der Waals surface area contributed by atoms with E-state index < -0.39 is 5.97 Å². The van der Waals surface area contributed by atoms with Crippen LogP contribution in [0.2, 0.25) is 0 Å². The molecule has 160 valence electrons. The molecule has 0 bridgehead atoms. The lowest BCUT2D eigenvalue weighted by molar-refractivity contribution is -0.142. The molecule has 0 heterocycles. The first kappa shape index (κ1) is 30.1. The average Bonchev–Trinajstić information content (AvgIpc) is 2.61. The largest absolute Gasteiger partial charge is 0.480 e. The monoisotopic (exact) mass is 376 g/mol. The summed E-state index contributed by atoms with van der Waals surface area (Å²) in [6.45, 7) is 6.62. The summed E-state index contributed by atoms with van der Waals surface area (Å²) in [6, 6.07) is 0. The minimum Gasteiger partial charge on any atom is -0.480 e. The fraction of sp³-hybridized carbons (Fsp3) is 0.955. The molecule has 0 unspecified atom stereocenters. The van der Waals surface area contributed by atoms with E-state index in [4.69, 9.17) is 5.11 Å². The fourth-order valence-corrected chi connectivity index (χ4v) is 2.81. The highest BCUT2D eigenvalue weighted by molar-refractivity contribution is 5.67. The molecule has 26 heavy (non-hydrogen) atoms. The number of aliphatic carboxylic acids is 1. The van der Waals surface area contributed by atoms with Gasteiger partial charge in [-0.15, -0.1) is 0 Å². The van der Waals surface area contributed by atoms with Gasteiger partial charge in [0.1, 0.15) is 6.61 Å². The smallest absolute Gasteiger partial charge is 0.329 e. The number of unbranched alkanes of at least 4 members (excludes halogenated alkanes) is 15. The molecule has 0 atom stereocenters. The fourth-order valence-electron chi connectivity index (χ4n) is 2.81. The van der Waals surface area contributed by atoms with E-state index in [1.807, 2.05) is 0 Å². The van der Waals surface area contributed by atoms with E-state index >= 15 is 0 Å². The molecule has 4 nitrogen and oxygen atoms in total. The summed E-state index contributed by atoms with van der Waals surface area (Å²) in [5.41, 5.74) is 0. The second-order valence-electron chi connectivity index (χ2n) is 6.98. The standard InChI is InChI=1S/C18H38.C4H8O3.H2O/c1-3-5-7-9-11-13-15-17-18-16-14-12-10-8-6-4-2;1-2-7-3-4(5)6;/h3-18H2,1-2H3;2-3H2,1H3,(H,5,6);1H2. The molecule has 0 spiro atoms. The van der Waals surface area contributed by atoms with Gasteiger partial charge in [-0.1, -0.05) is 117 Å². The van der Waals surface area contributed by atoms with Crippen LogP contribution in [0.1, 0.15) is 124 Å². The third kappa shape index (κ3) is 34.7. The van der Waals surface area contributed by atoms with Crippen molar-refractivity contribution in [1.29, 1.82) is 0 Å². The third-order valence-electron chi connectivity index (χ3n) is 4.39. The van der Waals surface area contributed by atoms with Crippen molar-refractivity contribution in [2.24, 2.45) is 0 Å². The lowest BCUT2D eigenvalue weighted by Crippen LogP contribution is -2.05. The van der Waals surface area contributed by atoms with Crippen molar-refractivity contribution < 1.29 is 20.1 Å². The summed E-state index contributed by atoms with van der Waals surface area (Å²) in [5.74, 6) is -0.915. The summed E-state index contributed by atoms with van der Waals surface area (Å²) in [5, 5.41) is 7.92. The maximum atomic E-state index is 9.63. The zero-order valence-corrected chi connectivity index (χ0v) is 18.0.